The molecule has 0 saturated heterocycles. The van der Waals surface area contributed by atoms with Crippen LogP contribution in [0.2, 0.25) is 0 Å². The molecule has 0 bridgehead atoms. The molecule has 0 saturated carbocycles. The standard InChI is InChI=1S/C20H17NO2S/c22-19(21-10-9-16-5-3-11-24-16)12-15-13-23-18-8-7-14-4-1-2-6-17(14)20(15)18/h1-8,11,13H,9-10,12H2,(H,21,22). The van der Waals surface area contributed by atoms with E-state index in [0.29, 0.717) is 13.0 Å². The smallest absolute Gasteiger partial charge is 0.224 e. The molecule has 4 rings (SSSR count). The third-order valence-corrected chi connectivity index (χ3v) is 5.10. The Morgan fingerprint density at radius 1 is 1.08 bits per heavy atom. The van der Waals surface area contributed by atoms with Crippen LogP contribution in [0.25, 0.3) is 21.7 Å². The van der Waals surface area contributed by atoms with E-state index in [4.69, 9.17) is 4.42 Å². The van der Waals surface area contributed by atoms with Crippen LogP contribution in [0.3, 0.4) is 0 Å². The Morgan fingerprint density at radius 3 is 2.88 bits per heavy atom. The molecule has 1 N–H and O–H groups in total. The molecule has 120 valence electrons. The second kappa shape index (κ2) is 6.49. The predicted octanol–water partition coefficient (Wildman–Crippen LogP) is 4.55. The highest BCUT2D eigenvalue weighted by atomic mass is 32.1. The number of hydrogen-bond donors (Lipinski definition) is 1. The number of fused-ring (bicyclic) bond motifs is 3. The van der Waals surface area contributed by atoms with Crippen molar-refractivity contribution in [3.8, 4) is 0 Å². The summed E-state index contributed by atoms with van der Waals surface area (Å²) in [6.45, 7) is 0.663. The molecule has 1 amide bonds. The van der Waals surface area contributed by atoms with Gasteiger partial charge in [-0.3, -0.25) is 4.79 Å². The van der Waals surface area contributed by atoms with E-state index in [1.54, 1.807) is 17.6 Å². The Bertz CT molecular complexity index is 985. The zero-order valence-electron chi connectivity index (χ0n) is 13.1. The average Bonchev–Trinajstić information content (AvgIpc) is 3.25. The van der Waals surface area contributed by atoms with Gasteiger partial charge in [0.2, 0.25) is 5.91 Å². The number of nitrogens with one attached hydrogen (secondary N) is 1. The molecule has 4 heteroatoms. The number of amides is 1. The molecule has 0 radical (unpaired) electrons. The Balaban J connectivity index is 1.51. The monoisotopic (exact) mass is 335 g/mol. The summed E-state index contributed by atoms with van der Waals surface area (Å²) in [6.07, 6.45) is 2.92. The van der Waals surface area contributed by atoms with E-state index in [0.717, 1.165) is 33.7 Å². The number of benzene rings is 2. The Morgan fingerprint density at radius 2 is 2.00 bits per heavy atom. The molecule has 0 aliphatic carbocycles. The maximum absolute atomic E-state index is 12.3. The first kappa shape index (κ1) is 15.0. The van der Waals surface area contributed by atoms with E-state index >= 15 is 0 Å². The minimum absolute atomic E-state index is 0.0298. The molecule has 0 atom stereocenters. The van der Waals surface area contributed by atoms with Gasteiger partial charge >= 0.3 is 0 Å². The van der Waals surface area contributed by atoms with Gasteiger partial charge in [0.1, 0.15) is 5.58 Å². The fourth-order valence-electron chi connectivity index (χ4n) is 3.02. The molecule has 4 aromatic rings. The zero-order chi connectivity index (χ0) is 16.4. The molecule has 0 unspecified atom stereocenters. The first-order chi connectivity index (χ1) is 11.8. The van der Waals surface area contributed by atoms with Crippen LogP contribution in [0.15, 0.2) is 64.6 Å². The van der Waals surface area contributed by atoms with Crippen LogP contribution in [0.5, 0.6) is 0 Å². The van der Waals surface area contributed by atoms with Gasteiger partial charge in [0.15, 0.2) is 0 Å². The Hall–Kier alpha value is -2.59. The molecule has 0 fully saturated rings. The van der Waals surface area contributed by atoms with Crippen LogP contribution >= 0.6 is 11.3 Å². The lowest BCUT2D eigenvalue weighted by atomic mass is 10.0. The maximum Gasteiger partial charge on any atom is 0.224 e. The van der Waals surface area contributed by atoms with Crippen LogP contribution in [-0.2, 0) is 17.6 Å². The van der Waals surface area contributed by atoms with Crippen molar-refractivity contribution >= 4 is 39.0 Å². The molecule has 0 aliphatic heterocycles. The minimum Gasteiger partial charge on any atom is -0.464 e. The molecule has 24 heavy (non-hydrogen) atoms. The summed E-state index contributed by atoms with van der Waals surface area (Å²) in [7, 11) is 0. The van der Waals surface area contributed by atoms with Gasteiger partial charge in [-0.1, -0.05) is 36.4 Å². The Labute approximate surface area is 143 Å². The lowest BCUT2D eigenvalue weighted by Gasteiger charge is -2.05. The highest BCUT2D eigenvalue weighted by Crippen LogP contribution is 2.30. The number of rotatable bonds is 5. The largest absolute Gasteiger partial charge is 0.464 e. The fourth-order valence-corrected chi connectivity index (χ4v) is 3.73. The van der Waals surface area contributed by atoms with Gasteiger partial charge in [0.25, 0.3) is 0 Å². The van der Waals surface area contributed by atoms with Crippen molar-refractivity contribution in [1.82, 2.24) is 5.32 Å². The van der Waals surface area contributed by atoms with Crippen LogP contribution in [0.4, 0.5) is 0 Å². The quantitative estimate of drug-likeness (QED) is 0.581. The van der Waals surface area contributed by atoms with E-state index in [1.165, 1.54) is 4.88 Å². The minimum atomic E-state index is 0.0298. The van der Waals surface area contributed by atoms with E-state index in [1.807, 2.05) is 30.3 Å². The normalized spacial score (nSPS) is 11.2. The lowest BCUT2D eigenvalue weighted by molar-refractivity contribution is -0.120. The SMILES string of the molecule is O=C(Cc1coc2ccc3ccccc3c12)NCCc1cccs1. The van der Waals surface area contributed by atoms with Gasteiger partial charge < -0.3 is 9.73 Å². The number of hydrogen-bond acceptors (Lipinski definition) is 3. The van der Waals surface area contributed by atoms with Crippen LogP contribution in [0.1, 0.15) is 10.4 Å². The second-order valence-corrected chi connectivity index (χ2v) is 6.81. The van der Waals surface area contributed by atoms with Crippen molar-refractivity contribution in [3.05, 3.63) is 70.6 Å². The highest BCUT2D eigenvalue weighted by Gasteiger charge is 2.13. The van der Waals surface area contributed by atoms with Gasteiger partial charge in [-0.2, -0.15) is 0 Å². The van der Waals surface area contributed by atoms with Crippen molar-refractivity contribution in [2.75, 3.05) is 6.54 Å². The molecule has 0 spiro atoms. The summed E-state index contributed by atoms with van der Waals surface area (Å²) in [5.41, 5.74) is 1.77. The van der Waals surface area contributed by atoms with Crippen LogP contribution in [0, 0.1) is 0 Å². The number of carbonyl (C=O) groups excluding carboxylic acids is 1. The van der Waals surface area contributed by atoms with E-state index in [9.17, 15) is 4.79 Å². The van der Waals surface area contributed by atoms with Crippen molar-refractivity contribution < 1.29 is 9.21 Å². The molecule has 0 aliphatic rings. The zero-order valence-corrected chi connectivity index (χ0v) is 13.9. The summed E-state index contributed by atoms with van der Waals surface area (Å²) in [5, 5.41) is 8.38. The average molecular weight is 335 g/mol. The summed E-state index contributed by atoms with van der Waals surface area (Å²) >= 11 is 1.72. The third kappa shape index (κ3) is 2.93. The topological polar surface area (TPSA) is 42.2 Å². The third-order valence-electron chi connectivity index (χ3n) is 4.16. The molecule has 2 aromatic carbocycles. The number of carbonyl (C=O) groups is 1. The van der Waals surface area contributed by atoms with Gasteiger partial charge in [0, 0.05) is 22.4 Å². The summed E-state index contributed by atoms with van der Waals surface area (Å²) in [4.78, 5) is 13.6. The van der Waals surface area contributed by atoms with E-state index in [2.05, 4.69) is 28.9 Å². The van der Waals surface area contributed by atoms with E-state index in [-0.39, 0.29) is 5.91 Å². The summed E-state index contributed by atoms with van der Waals surface area (Å²) in [6, 6.07) is 16.3. The van der Waals surface area contributed by atoms with Crippen molar-refractivity contribution in [3.63, 3.8) is 0 Å². The fraction of sp³-hybridized carbons (Fsp3) is 0.150. The summed E-state index contributed by atoms with van der Waals surface area (Å²) in [5.74, 6) is 0.0298. The van der Waals surface area contributed by atoms with E-state index < -0.39 is 0 Å². The van der Waals surface area contributed by atoms with Gasteiger partial charge in [-0.15, -0.1) is 11.3 Å². The molecular formula is C20H17NO2S. The molecular weight excluding hydrogens is 318 g/mol. The first-order valence-electron chi connectivity index (χ1n) is 7.98. The number of thiophene rings is 1. The van der Waals surface area contributed by atoms with Crippen molar-refractivity contribution in [1.29, 1.82) is 0 Å². The van der Waals surface area contributed by atoms with Gasteiger partial charge in [-0.05, 0) is 34.7 Å². The lowest BCUT2D eigenvalue weighted by Crippen LogP contribution is -2.26. The summed E-state index contributed by atoms with van der Waals surface area (Å²) < 4.78 is 5.64. The second-order valence-electron chi connectivity index (χ2n) is 5.78. The molecule has 3 nitrogen and oxygen atoms in total. The van der Waals surface area contributed by atoms with Crippen LogP contribution in [-0.4, -0.2) is 12.5 Å². The van der Waals surface area contributed by atoms with Crippen LogP contribution < -0.4 is 5.32 Å². The molecule has 2 aromatic heterocycles. The van der Waals surface area contributed by atoms with Crippen molar-refractivity contribution in [2.24, 2.45) is 0 Å². The van der Waals surface area contributed by atoms with Gasteiger partial charge in [-0.25, -0.2) is 0 Å². The van der Waals surface area contributed by atoms with Gasteiger partial charge in [0.05, 0.1) is 12.7 Å². The first-order valence-corrected chi connectivity index (χ1v) is 8.86. The maximum atomic E-state index is 12.3. The number of furan rings is 1. The van der Waals surface area contributed by atoms with Crippen molar-refractivity contribution in [2.45, 2.75) is 12.8 Å². The molecule has 2 heterocycles. The predicted molar refractivity (Wildman–Crippen MR) is 98.5 cm³/mol. The highest BCUT2D eigenvalue weighted by molar-refractivity contribution is 7.09. The Kier molecular flexibility index (Phi) is 4.05.